The summed E-state index contributed by atoms with van der Waals surface area (Å²) in [4.78, 5) is 23.6. The molecule has 0 aliphatic rings. The zero-order valence-corrected chi connectivity index (χ0v) is 22.7. The van der Waals surface area contributed by atoms with Crippen molar-refractivity contribution in [1.82, 2.24) is 20.3 Å². The van der Waals surface area contributed by atoms with Crippen molar-refractivity contribution in [2.24, 2.45) is 0 Å². The molecule has 1 amide bonds. The monoisotopic (exact) mass is 566 g/mol. The molecule has 0 aliphatic carbocycles. The molecule has 0 atom stereocenters. The zero-order valence-electron chi connectivity index (χ0n) is 22.0. The second-order valence-electron chi connectivity index (χ2n) is 8.84. The van der Waals surface area contributed by atoms with Gasteiger partial charge in [0, 0.05) is 58.6 Å². The highest BCUT2D eigenvalue weighted by Gasteiger charge is 2.23. The minimum absolute atomic E-state index is 0.00222. The topological polar surface area (TPSA) is 173 Å². The number of carbonyl (C=O) groups is 1. The summed E-state index contributed by atoms with van der Waals surface area (Å²) in [7, 11) is 4.55. The molecule has 0 unspecified atom stereocenters. The maximum atomic E-state index is 12.3. The van der Waals surface area contributed by atoms with Gasteiger partial charge in [0.05, 0.1) is 14.2 Å². The number of nitrogens with zero attached hydrogens (tertiary/aromatic N) is 2. The van der Waals surface area contributed by atoms with Crippen LogP contribution in [0.15, 0.2) is 40.9 Å². The number of H-pyrrole nitrogens is 1. The molecule has 2 aromatic carbocycles. The number of carbonyl (C=O) groups excluding carboxylic acids is 1. The molecule has 6 N–H and O–H groups in total. The van der Waals surface area contributed by atoms with Crippen LogP contribution in [0.25, 0.3) is 21.9 Å². The van der Waals surface area contributed by atoms with Crippen LogP contribution in [0.5, 0.6) is 17.4 Å². The number of methoxy groups -OCH3 is 3. The number of ether oxygens (including phenoxy) is 4. The van der Waals surface area contributed by atoms with E-state index in [2.05, 4.69) is 20.3 Å². The fourth-order valence-corrected chi connectivity index (χ4v) is 4.68. The summed E-state index contributed by atoms with van der Waals surface area (Å²) >= 11 is 6.30. The molecule has 0 saturated heterocycles. The molecule has 0 spiro atoms. The lowest BCUT2D eigenvalue weighted by Crippen LogP contribution is -2.28. The van der Waals surface area contributed by atoms with Crippen molar-refractivity contribution in [2.45, 2.75) is 12.8 Å². The quantitative estimate of drug-likeness (QED) is 0.187. The first-order valence-corrected chi connectivity index (χ1v) is 12.5. The van der Waals surface area contributed by atoms with Gasteiger partial charge >= 0.3 is 6.09 Å². The molecule has 0 fully saturated rings. The summed E-state index contributed by atoms with van der Waals surface area (Å²) in [5.41, 5.74) is 15.2. The van der Waals surface area contributed by atoms with Gasteiger partial charge in [0.2, 0.25) is 17.6 Å². The second-order valence-corrected chi connectivity index (χ2v) is 9.28. The number of nitrogen functional groups attached to an aromatic ring is 2. The lowest BCUT2D eigenvalue weighted by Gasteiger charge is -2.12. The third-order valence-electron chi connectivity index (χ3n) is 6.32. The Hall–Kier alpha value is -4.68. The number of amides is 1. The van der Waals surface area contributed by atoms with Crippen molar-refractivity contribution in [3.63, 3.8) is 0 Å². The lowest BCUT2D eigenvalue weighted by atomic mass is 10.0. The van der Waals surface area contributed by atoms with Crippen molar-refractivity contribution in [3.8, 4) is 17.4 Å². The van der Waals surface area contributed by atoms with Crippen LogP contribution in [0, 0.1) is 0 Å². The van der Waals surface area contributed by atoms with Gasteiger partial charge in [-0.1, -0.05) is 11.6 Å². The van der Waals surface area contributed by atoms with Gasteiger partial charge in [-0.2, -0.15) is 4.98 Å². The number of nitrogens with two attached hydrogens (primary N) is 2. The number of aromatic amines is 1. The van der Waals surface area contributed by atoms with Crippen molar-refractivity contribution in [2.75, 3.05) is 39.5 Å². The molecule has 0 aliphatic heterocycles. The molecule has 0 bridgehead atoms. The highest BCUT2D eigenvalue weighted by molar-refractivity contribution is 6.31. The molecule has 0 saturated carbocycles. The molecule has 3 heterocycles. The summed E-state index contributed by atoms with van der Waals surface area (Å²) < 4.78 is 28.0. The molecular weight excluding hydrogens is 540 g/mol. The van der Waals surface area contributed by atoms with E-state index in [0.29, 0.717) is 45.4 Å². The Morgan fingerprint density at radius 3 is 2.62 bits per heavy atom. The molecule has 3 aromatic heterocycles. The number of furan rings is 1. The average molecular weight is 567 g/mol. The molecule has 5 aromatic rings. The molecule has 13 heteroatoms. The Bertz CT molecular complexity index is 1720. The standard InChI is InChI=1S/C27H27ClN6O6/c1-36-12-32-27(35)40-25-19(18-8-15(28)4-5-20(18)33-25)10-16-9-17-13(6-14-11-31-26(30)34-24(14)29)7-21(37-2)23(38-3)22(17)39-16/h4-5,7-9,11,33H,6,10,12H2,1-3H3,(H,32,35)(H4,29,30,31,34). The number of rotatable bonds is 9. The van der Waals surface area contributed by atoms with E-state index in [4.69, 9.17) is 46.4 Å². The normalized spacial score (nSPS) is 11.2. The third kappa shape index (κ3) is 5.26. The van der Waals surface area contributed by atoms with Crippen LogP contribution in [0.1, 0.15) is 22.5 Å². The Morgan fingerprint density at radius 1 is 1.07 bits per heavy atom. The zero-order chi connectivity index (χ0) is 28.4. The van der Waals surface area contributed by atoms with Gasteiger partial charge in [-0.05, 0) is 35.9 Å². The van der Waals surface area contributed by atoms with Gasteiger partial charge in [0.1, 0.15) is 18.3 Å². The first-order chi connectivity index (χ1) is 19.3. The van der Waals surface area contributed by atoms with E-state index in [-0.39, 0.29) is 30.8 Å². The van der Waals surface area contributed by atoms with Crippen LogP contribution in [0.2, 0.25) is 5.02 Å². The summed E-state index contributed by atoms with van der Waals surface area (Å²) in [5, 5.41) is 4.59. The maximum Gasteiger partial charge on any atom is 0.415 e. The number of halogens is 1. The third-order valence-corrected chi connectivity index (χ3v) is 6.56. The van der Waals surface area contributed by atoms with E-state index in [1.807, 2.05) is 18.2 Å². The number of fused-ring (bicyclic) bond motifs is 2. The number of hydrogen-bond acceptors (Lipinski definition) is 10. The van der Waals surface area contributed by atoms with Gasteiger partial charge in [0.15, 0.2) is 11.3 Å². The van der Waals surface area contributed by atoms with Gasteiger partial charge in [-0.25, -0.2) is 9.78 Å². The average Bonchev–Trinajstić information content (AvgIpc) is 3.50. The molecule has 5 rings (SSSR count). The fourth-order valence-electron chi connectivity index (χ4n) is 4.51. The highest BCUT2D eigenvalue weighted by atomic mass is 35.5. The van der Waals surface area contributed by atoms with Crippen molar-refractivity contribution < 1.29 is 28.2 Å². The van der Waals surface area contributed by atoms with Gasteiger partial charge in [-0.3, -0.25) is 5.32 Å². The van der Waals surface area contributed by atoms with Gasteiger partial charge in [-0.15, -0.1) is 0 Å². The Morgan fingerprint density at radius 2 is 1.90 bits per heavy atom. The predicted molar refractivity (Wildman–Crippen MR) is 150 cm³/mol. The minimum atomic E-state index is -0.678. The maximum absolute atomic E-state index is 12.3. The second kappa shape index (κ2) is 11.2. The van der Waals surface area contributed by atoms with Crippen LogP contribution in [0.4, 0.5) is 16.6 Å². The minimum Gasteiger partial charge on any atom is -0.493 e. The summed E-state index contributed by atoms with van der Waals surface area (Å²) in [5.74, 6) is 2.13. The Balaban J connectivity index is 1.60. The number of hydrogen-bond donors (Lipinski definition) is 4. The van der Waals surface area contributed by atoms with E-state index in [1.165, 1.54) is 14.2 Å². The molecule has 0 radical (unpaired) electrons. The van der Waals surface area contributed by atoms with E-state index >= 15 is 0 Å². The van der Waals surface area contributed by atoms with Crippen LogP contribution < -0.4 is 31.0 Å². The molecule has 208 valence electrons. The predicted octanol–water partition coefficient (Wildman–Crippen LogP) is 4.41. The summed E-state index contributed by atoms with van der Waals surface area (Å²) in [6.45, 7) is -0.00222. The molecular formula is C27H27ClN6O6. The molecule has 12 nitrogen and oxygen atoms in total. The first-order valence-electron chi connectivity index (χ1n) is 12.1. The van der Waals surface area contributed by atoms with Crippen molar-refractivity contribution in [3.05, 3.63) is 64.0 Å². The Labute approximate surface area is 233 Å². The summed E-state index contributed by atoms with van der Waals surface area (Å²) in [6.07, 6.45) is 1.57. The SMILES string of the molecule is COCNC(=O)Oc1[nH]c2ccc(Cl)cc2c1Cc1cc2c(Cc3cnc(N)nc3N)cc(OC)c(OC)c2o1. The highest BCUT2D eigenvalue weighted by Crippen LogP contribution is 2.42. The Kier molecular flexibility index (Phi) is 7.54. The van der Waals surface area contributed by atoms with E-state index in [0.717, 1.165) is 21.9 Å². The van der Waals surface area contributed by atoms with E-state index < -0.39 is 6.09 Å². The van der Waals surface area contributed by atoms with Crippen LogP contribution in [-0.2, 0) is 17.6 Å². The smallest absolute Gasteiger partial charge is 0.415 e. The number of nitrogens with one attached hydrogen (secondary N) is 2. The van der Waals surface area contributed by atoms with Crippen molar-refractivity contribution in [1.29, 1.82) is 0 Å². The molecule has 40 heavy (non-hydrogen) atoms. The largest absolute Gasteiger partial charge is 0.493 e. The van der Waals surface area contributed by atoms with Crippen molar-refractivity contribution >= 4 is 51.3 Å². The fraction of sp³-hybridized carbons (Fsp3) is 0.222. The van der Waals surface area contributed by atoms with Gasteiger partial charge < -0.3 is 39.8 Å². The van der Waals surface area contributed by atoms with E-state index in [1.54, 1.807) is 25.4 Å². The van der Waals surface area contributed by atoms with Crippen LogP contribution >= 0.6 is 11.6 Å². The lowest BCUT2D eigenvalue weighted by molar-refractivity contribution is 0.152. The van der Waals surface area contributed by atoms with Crippen LogP contribution in [-0.4, -0.2) is 49.1 Å². The van der Waals surface area contributed by atoms with E-state index in [9.17, 15) is 4.79 Å². The first kappa shape index (κ1) is 26.9. The number of aromatic nitrogens is 3. The number of benzene rings is 2. The van der Waals surface area contributed by atoms with Crippen LogP contribution in [0.3, 0.4) is 0 Å². The summed E-state index contributed by atoms with van der Waals surface area (Å²) in [6, 6.07) is 9.11. The number of anilines is 2. The van der Waals surface area contributed by atoms with Gasteiger partial charge in [0.25, 0.3) is 0 Å².